The summed E-state index contributed by atoms with van der Waals surface area (Å²) >= 11 is 0. The Morgan fingerprint density at radius 3 is 2.94 bits per heavy atom. The van der Waals surface area contributed by atoms with Crippen LogP contribution in [0.4, 0.5) is 0 Å². The Kier molecular flexibility index (Phi) is 2.82. The number of nitrogens with two attached hydrogens (primary N) is 1. The van der Waals surface area contributed by atoms with Crippen molar-refractivity contribution >= 4 is 0 Å². The highest BCUT2D eigenvalue weighted by Gasteiger charge is 2.14. The third kappa shape index (κ3) is 2.00. The van der Waals surface area contributed by atoms with E-state index in [1.54, 1.807) is 6.26 Å². The van der Waals surface area contributed by atoms with Crippen molar-refractivity contribution in [1.82, 2.24) is 0 Å². The van der Waals surface area contributed by atoms with Gasteiger partial charge in [0.25, 0.3) is 0 Å². The molecule has 0 saturated carbocycles. The fourth-order valence-electron chi connectivity index (χ4n) is 1.80. The lowest BCUT2D eigenvalue weighted by Crippen LogP contribution is -2.01. The molecule has 0 spiro atoms. The van der Waals surface area contributed by atoms with E-state index in [1.807, 2.05) is 24.3 Å². The maximum atomic E-state index is 5.67. The van der Waals surface area contributed by atoms with Crippen LogP contribution in [0.5, 0.6) is 17.2 Å². The van der Waals surface area contributed by atoms with Crippen molar-refractivity contribution in [3.05, 3.63) is 41.9 Å². The Bertz CT molecular complexity index is 550. The van der Waals surface area contributed by atoms with Gasteiger partial charge in [0, 0.05) is 11.6 Å². The van der Waals surface area contributed by atoms with Crippen LogP contribution in [0.3, 0.4) is 0 Å². The number of benzene rings is 1. The highest BCUT2D eigenvalue weighted by atomic mass is 16.7. The van der Waals surface area contributed by atoms with Crippen molar-refractivity contribution in [2.45, 2.75) is 13.2 Å². The zero-order valence-electron chi connectivity index (χ0n) is 9.72. The van der Waals surface area contributed by atoms with Crippen molar-refractivity contribution < 1.29 is 18.6 Å². The van der Waals surface area contributed by atoms with Gasteiger partial charge in [0.2, 0.25) is 6.79 Å². The number of furan rings is 1. The summed E-state index contributed by atoms with van der Waals surface area (Å²) in [6.45, 7) is 1.05. The largest absolute Gasteiger partial charge is 0.489 e. The van der Waals surface area contributed by atoms with E-state index in [9.17, 15) is 0 Å². The molecule has 0 bridgehead atoms. The third-order valence-electron chi connectivity index (χ3n) is 2.76. The van der Waals surface area contributed by atoms with Gasteiger partial charge in [0.1, 0.15) is 18.1 Å². The van der Waals surface area contributed by atoms with Gasteiger partial charge < -0.3 is 24.4 Å². The van der Waals surface area contributed by atoms with Gasteiger partial charge in [-0.3, -0.25) is 0 Å². The quantitative estimate of drug-likeness (QED) is 0.895. The first-order valence-electron chi connectivity index (χ1n) is 5.64. The molecular weight excluding hydrogens is 234 g/mol. The molecule has 94 valence electrons. The van der Waals surface area contributed by atoms with E-state index in [4.69, 9.17) is 24.4 Å². The standard InChI is InChI=1S/C13H13NO4/c14-6-13-9(3-4-15-13)7-16-10-1-2-11-12(5-10)18-8-17-11/h1-5H,6-8,14H2. The van der Waals surface area contributed by atoms with Crippen molar-refractivity contribution in [1.29, 1.82) is 0 Å². The van der Waals surface area contributed by atoms with Crippen LogP contribution in [0, 0.1) is 0 Å². The number of rotatable bonds is 4. The first kappa shape index (κ1) is 11.0. The Morgan fingerprint density at radius 1 is 1.17 bits per heavy atom. The van der Waals surface area contributed by atoms with Crippen molar-refractivity contribution in [3.63, 3.8) is 0 Å². The lowest BCUT2D eigenvalue weighted by atomic mass is 10.2. The smallest absolute Gasteiger partial charge is 0.231 e. The van der Waals surface area contributed by atoms with Gasteiger partial charge in [-0.1, -0.05) is 0 Å². The average molecular weight is 247 g/mol. The van der Waals surface area contributed by atoms with Crippen LogP contribution < -0.4 is 19.9 Å². The van der Waals surface area contributed by atoms with E-state index in [-0.39, 0.29) is 6.79 Å². The van der Waals surface area contributed by atoms with E-state index in [0.29, 0.717) is 18.9 Å². The molecule has 0 aliphatic carbocycles. The van der Waals surface area contributed by atoms with E-state index >= 15 is 0 Å². The molecule has 5 nitrogen and oxygen atoms in total. The van der Waals surface area contributed by atoms with Crippen LogP contribution in [0.15, 0.2) is 34.9 Å². The maximum absolute atomic E-state index is 5.67. The highest BCUT2D eigenvalue weighted by Crippen LogP contribution is 2.35. The van der Waals surface area contributed by atoms with Crippen LogP contribution in [0.2, 0.25) is 0 Å². The highest BCUT2D eigenvalue weighted by molar-refractivity contribution is 5.46. The molecule has 2 heterocycles. The number of hydrogen-bond acceptors (Lipinski definition) is 5. The molecule has 1 aliphatic heterocycles. The fourth-order valence-corrected chi connectivity index (χ4v) is 1.80. The summed E-state index contributed by atoms with van der Waals surface area (Å²) in [7, 11) is 0. The van der Waals surface area contributed by atoms with Crippen LogP contribution in [-0.4, -0.2) is 6.79 Å². The third-order valence-corrected chi connectivity index (χ3v) is 2.76. The molecule has 1 aromatic heterocycles. The molecule has 1 aromatic carbocycles. The van der Waals surface area contributed by atoms with Crippen molar-refractivity contribution in [3.8, 4) is 17.2 Å². The second-order valence-electron chi connectivity index (χ2n) is 3.88. The number of hydrogen-bond donors (Lipinski definition) is 1. The van der Waals surface area contributed by atoms with Crippen LogP contribution >= 0.6 is 0 Å². The molecule has 0 amide bonds. The van der Waals surface area contributed by atoms with Crippen LogP contribution in [-0.2, 0) is 13.2 Å². The predicted octanol–water partition coefficient (Wildman–Crippen LogP) is 2.05. The summed E-state index contributed by atoms with van der Waals surface area (Å²) in [5, 5.41) is 0. The lowest BCUT2D eigenvalue weighted by Gasteiger charge is -2.06. The van der Waals surface area contributed by atoms with Crippen molar-refractivity contribution in [2.75, 3.05) is 6.79 Å². The first-order valence-corrected chi connectivity index (χ1v) is 5.64. The van der Waals surface area contributed by atoms with Gasteiger partial charge in [-0.05, 0) is 18.2 Å². The topological polar surface area (TPSA) is 66.9 Å². The van der Waals surface area contributed by atoms with Gasteiger partial charge in [-0.15, -0.1) is 0 Å². The van der Waals surface area contributed by atoms with E-state index < -0.39 is 0 Å². The molecule has 3 rings (SSSR count). The minimum Gasteiger partial charge on any atom is -0.489 e. The summed E-state index contributed by atoms with van der Waals surface area (Å²) in [5.74, 6) is 2.92. The second-order valence-corrected chi connectivity index (χ2v) is 3.88. The molecule has 0 fully saturated rings. The Labute approximate surface area is 104 Å². The van der Waals surface area contributed by atoms with E-state index in [2.05, 4.69) is 0 Å². The molecule has 18 heavy (non-hydrogen) atoms. The van der Waals surface area contributed by atoms with Gasteiger partial charge in [0.05, 0.1) is 12.8 Å². The van der Waals surface area contributed by atoms with Crippen LogP contribution in [0.25, 0.3) is 0 Å². The van der Waals surface area contributed by atoms with Crippen LogP contribution in [0.1, 0.15) is 11.3 Å². The molecule has 2 aromatic rings. The maximum Gasteiger partial charge on any atom is 0.231 e. The fraction of sp³-hybridized carbons (Fsp3) is 0.231. The number of fused-ring (bicyclic) bond motifs is 1. The summed E-state index contributed by atoms with van der Waals surface area (Å²) < 4.78 is 21.4. The van der Waals surface area contributed by atoms with Gasteiger partial charge in [-0.25, -0.2) is 0 Å². The normalized spacial score (nSPS) is 12.7. The van der Waals surface area contributed by atoms with E-state index in [1.165, 1.54) is 0 Å². The molecule has 0 saturated heterocycles. The van der Waals surface area contributed by atoms with Gasteiger partial charge in [-0.2, -0.15) is 0 Å². The van der Waals surface area contributed by atoms with Crippen molar-refractivity contribution in [2.24, 2.45) is 5.73 Å². The summed E-state index contributed by atoms with van der Waals surface area (Å²) in [6, 6.07) is 7.34. The molecule has 1 aliphatic rings. The summed E-state index contributed by atoms with van der Waals surface area (Å²) in [4.78, 5) is 0. The molecule has 5 heteroatoms. The monoisotopic (exact) mass is 247 g/mol. The zero-order valence-corrected chi connectivity index (χ0v) is 9.72. The Balaban J connectivity index is 1.70. The molecule has 0 radical (unpaired) electrons. The second kappa shape index (κ2) is 4.62. The minimum absolute atomic E-state index is 0.262. The zero-order chi connectivity index (χ0) is 12.4. The Morgan fingerprint density at radius 2 is 2.06 bits per heavy atom. The Hall–Kier alpha value is -2.14. The average Bonchev–Trinajstić information content (AvgIpc) is 3.04. The van der Waals surface area contributed by atoms with E-state index in [0.717, 1.165) is 22.8 Å². The lowest BCUT2D eigenvalue weighted by molar-refractivity contribution is 0.173. The van der Waals surface area contributed by atoms with Gasteiger partial charge in [0.15, 0.2) is 11.5 Å². The van der Waals surface area contributed by atoms with Gasteiger partial charge >= 0.3 is 0 Å². The predicted molar refractivity (Wildman–Crippen MR) is 63.5 cm³/mol. The summed E-state index contributed by atoms with van der Waals surface area (Å²) in [5.41, 5.74) is 6.51. The molecular formula is C13H13NO4. The molecule has 0 unspecified atom stereocenters. The SMILES string of the molecule is NCc1occc1COc1ccc2c(c1)OCO2. The minimum atomic E-state index is 0.262. The first-order chi connectivity index (χ1) is 8.86. The molecule has 2 N–H and O–H groups in total. The summed E-state index contributed by atoms with van der Waals surface area (Å²) in [6.07, 6.45) is 1.61. The number of ether oxygens (including phenoxy) is 3. The molecule has 0 atom stereocenters.